The monoisotopic (exact) mass is 239 g/mol. The van der Waals surface area contributed by atoms with Crippen molar-refractivity contribution >= 4 is 6.01 Å². The van der Waals surface area contributed by atoms with Crippen molar-refractivity contribution in [2.75, 3.05) is 25.7 Å². The molecule has 0 aliphatic heterocycles. The third-order valence-electron chi connectivity index (χ3n) is 3.06. The Morgan fingerprint density at radius 1 is 1.65 bits per heavy atom. The number of hydrogen-bond donors (Lipinski definition) is 1. The molecule has 0 radical (unpaired) electrons. The summed E-state index contributed by atoms with van der Waals surface area (Å²) in [5.41, 5.74) is 0.961. The van der Waals surface area contributed by atoms with E-state index in [9.17, 15) is 0 Å². The van der Waals surface area contributed by atoms with Crippen LogP contribution < -0.4 is 10.2 Å². The summed E-state index contributed by atoms with van der Waals surface area (Å²) in [6.07, 6.45) is 4.30. The molecule has 0 amide bonds. The van der Waals surface area contributed by atoms with E-state index < -0.39 is 0 Å². The van der Waals surface area contributed by atoms with Gasteiger partial charge in [-0.25, -0.2) is 0 Å². The lowest BCUT2D eigenvalue weighted by molar-refractivity contribution is 0.181. The maximum atomic E-state index is 5.47. The number of aromatic nitrogens is 1. The third-order valence-corrected chi connectivity index (χ3v) is 3.06. The van der Waals surface area contributed by atoms with Crippen LogP contribution in [0, 0.1) is 0 Å². The van der Waals surface area contributed by atoms with Crippen LogP contribution in [0.15, 0.2) is 10.7 Å². The number of oxazole rings is 1. The summed E-state index contributed by atoms with van der Waals surface area (Å²) in [6.45, 7) is 3.53. The van der Waals surface area contributed by atoms with Crippen LogP contribution in [0.25, 0.3) is 0 Å². The predicted octanol–water partition coefficient (Wildman–Crippen LogP) is 1.40. The highest BCUT2D eigenvalue weighted by Gasteiger charge is 2.21. The van der Waals surface area contributed by atoms with Crippen LogP contribution in [0.1, 0.15) is 25.5 Å². The Kier molecular flexibility index (Phi) is 4.02. The maximum absolute atomic E-state index is 5.47. The van der Waals surface area contributed by atoms with Gasteiger partial charge in [-0.15, -0.1) is 0 Å². The zero-order chi connectivity index (χ0) is 12.3. The van der Waals surface area contributed by atoms with Gasteiger partial charge in [-0.3, -0.25) is 0 Å². The first kappa shape index (κ1) is 12.4. The van der Waals surface area contributed by atoms with E-state index in [1.165, 1.54) is 12.8 Å². The van der Waals surface area contributed by atoms with Crippen molar-refractivity contribution in [1.82, 2.24) is 10.3 Å². The fourth-order valence-electron chi connectivity index (χ4n) is 1.62. The van der Waals surface area contributed by atoms with E-state index in [4.69, 9.17) is 9.15 Å². The molecule has 2 rings (SSSR count). The maximum Gasteiger partial charge on any atom is 0.297 e. The van der Waals surface area contributed by atoms with Gasteiger partial charge in [0, 0.05) is 26.7 Å². The minimum absolute atomic E-state index is 0.253. The lowest BCUT2D eigenvalue weighted by Crippen LogP contribution is -2.32. The van der Waals surface area contributed by atoms with E-state index in [1.54, 1.807) is 13.4 Å². The molecule has 0 saturated heterocycles. The minimum Gasteiger partial charge on any atom is -0.432 e. The van der Waals surface area contributed by atoms with Crippen LogP contribution >= 0.6 is 0 Å². The Balaban J connectivity index is 1.86. The predicted molar refractivity (Wildman–Crippen MR) is 66.1 cm³/mol. The number of ether oxygens (including phenoxy) is 1. The summed E-state index contributed by atoms with van der Waals surface area (Å²) in [5.74, 6) is 0. The Bertz CT molecular complexity index is 349. The van der Waals surface area contributed by atoms with Gasteiger partial charge in [0.25, 0.3) is 6.01 Å². The van der Waals surface area contributed by atoms with E-state index in [2.05, 4.69) is 17.2 Å². The fraction of sp³-hybridized carbons (Fsp3) is 0.750. The molecular weight excluding hydrogens is 218 g/mol. The first-order valence-electron chi connectivity index (χ1n) is 6.10. The van der Waals surface area contributed by atoms with E-state index in [-0.39, 0.29) is 6.04 Å². The first-order chi connectivity index (χ1) is 8.20. The number of rotatable bonds is 7. The summed E-state index contributed by atoms with van der Waals surface area (Å²) in [4.78, 5) is 6.44. The molecule has 1 aromatic heterocycles. The molecule has 17 heavy (non-hydrogen) atoms. The van der Waals surface area contributed by atoms with Crippen molar-refractivity contribution < 1.29 is 9.15 Å². The zero-order valence-electron chi connectivity index (χ0n) is 10.8. The molecule has 1 aliphatic carbocycles. The Morgan fingerprint density at radius 3 is 3.06 bits per heavy atom. The summed E-state index contributed by atoms with van der Waals surface area (Å²) in [5, 5.41) is 3.41. The van der Waals surface area contributed by atoms with E-state index in [0.717, 1.165) is 12.2 Å². The molecule has 0 spiro atoms. The molecular formula is C12H21N3O2. The quantitative estimate of drug-likeness (QED) is 0.779. The molecule has 5 nitrogen and oxygen atoms in total. The van der Waals surface area contributed by atoms with Crippen molar-refractivity contribution in [3.05, 3.63) is 12.0 Å². The van der Waals surface area contributed by atoms with Crippen molar-refractivity contribution in [2.24, 2.45) is 0 Å². The summed E-state index contributed by atoms with van der Waals surface area (Å²) in [6, 6.07) is 1.60. The molecule has 96 valence electrons. The summed E-state index contributed by atoms with van der Waals surface area (Å²) in [7, 11) is 3.67. The highest BCUT2D eigenvalue weighted by molar-refractivity contribution is 5.27. The van der Waals surface area contributed by atoms with Gasteiger partial charge in [0.05, 0.1) is 18.3 Å². The van der Waals surface area contributed by atoms with Gasteiger partial charge in [-0.2, -0.15) is 4.98 Å². The number of likely N-dealkylation sites (N-methyl/N-ethyl adjacent to an activating group) is 1. The normalized spacial score (nSPS) is 17.1. The van der Waals surface area contributed by atoms with Crippen LogP contribution in [0.2, 0.25) is 0 Å². The fourth-order valence-corrected chi connectivity index (χ4v) is 1.62. The first-order valence-corrected chi connectivity index (χ1v) is 6.10. The van der Waals surface area contributed by atoms with Crippen LogP contribution in [0.4, 0.5) is 6.01 Å². The van der Waals surface area contributed by atoms with Gasteiger partial charge in [-0.1, -0.05) is 0 Å². The van der Waals surface area contributed by atoms with E-state index in [1.807, 2.05) is 11.9 Å². The van der Waals surface area contributed by atoms with Gasteiger partial charge in [0.1, 0.15) is 6.26 Å². The molecule has 0 aromatic carbocycles. The highest BCUT2D eigenvalue weighted by Crippen LogP contribution is 2.20. The largest absolute Gasteiger partial charge is 0.432 e. The molecule has 1 atom stereocenters. The Hall–Kier alpha value is -1.07. The smallest absolute Gasteiger partial charge is 0.297 e. The van der Waals surface area contributed by atoms with Crippen molar-refractivity contribution in [2.45, 2.75) is 38.4 Å². The topological polar surface area (TPSA) is 50.5 Å². The highest BCUT2D eigenvalue weighted by atomic mass is 16.5. The molecule has 1 N–H and O–H groups in total. The molecule has 1 fully saturated rings. The van der Waals surface area contributed by atoms with Crippen LogP contribution in [0.3, 0.4) is 0 Å². The second kappa shape index (κ2) is 5.51. The van der Waals surface area contributed by atoms with Crippen molar-refractivity contribution in [3.8, 4) is 0 Å². The number of methoxy groups -OCH3 is 1. The number of nitrogens with one attached hydrogen (secondary N) is 1. The lowest BCUT2D eigenvalue weighted by Gasteiger charge is -2.21. The minimum atomic E-state index is 0.253. The average molecular weight is 239 g/mol. The van der Waals surface area contributed by atoms with Gasteiger partial charge in [0.15, 0.2) is 0 Å². The van der Waals surface area contributed by atoms with Crippen LogP contribution in [-0.2, 0) is 11.3 Å². The molecule has 1 saturated carbocycles. The summed E-state index contributed by atoms with van der Waals surface area (Å²) < 4.78 is 10.6. The molecule has 1 aromatic rings. The lowest BCUT2D eigenvalue weighted by atomic mass is 10.3. The van der Waals surface area contributed by atoms with Crippen LogP contribution in [0.5, 0.6) is 0 Å². The third kappa shape index (κ3) is 3.44. The SMILES string of the molecule is COCC(C)N(C)c1nc(CNC2CC2)co1. The van der Waals surface area contributed by atoms with Gasteiger partial charge in [0.2, 0.25) is 0 Å². The zero-order valence-corrected chi connectivity index (χ0v) is 10.8. The Morgan fingerprint density at radius 2 is 2.41 bits per heavy atom. The Labute approximate surface area is 102 Å². The van der Waals surface area contributed by atoms with Crippen molar-refractivity contribution in [1.29, 1.82) is 0 Å². The van der Waals surface area contributed by atoms with Gasteiger partial charge >= 0.3 is 0 Å². The molecule has 1 aliphatic rings. The number of anilines is 1. The molecule has 0 bridgehead atoms. The molecule has 1 unspecified atom stereocenters. The van der Waals surface area contributed by atoms with E-state index >= 15 is 0 Å². The second-order valence-corrected chi connectivity index (χ2v) is 4.69. The second-order valence-electron chi connectivity index (χ2n) is 4.69. The summed E-state index contributed by atoms with van der Waals surface area (Å²) >= 11 is 0. The standard InChI is InChI=1S/C12H21N3O2/c1-9(7-16-3)15(2)12-14-11(8-17-12)6-13-10-4-5-10/h8-10,13H,4-7H2,1-3H3. The van der Waals surface area contributed by atoms with Crippen LogP contribution in [-0.4, -0.2) is 37.8 Å². The van der Waals surface area contributed by atoms with Crippen molar-refractivity contribution in [3.63, 3.8) is 0 Å². The van der Waals surface area contributed by atoms with Gasteiger partial charge in [-0.05, 0) is 19.8 Å². The van der Waals surface area contributed by atoms with Gasteiger partial charge < -0.3 is 19.4 Å². The average Bonchev–Trinajstić information content (AvgIpc) is 3.03. The number of hydrogen-bond acceptors (Lipinski definition) is 5. The molecule has 5 heteroatoms. The van der Waals surface area contributed by atoms with E-state index in [0.29, 0.717) is 18.7 Å². The number of nitrogens with zero attached hydrogens (tertiary/aromatic N) is 2. The molecule has 1 heterocycles.